The maximum Gasteiger partial charge on any atom is 0.282 e. The Hall–Kier alpha value is -1.16. The van der Waals surface area contributed by atoms with Crippen molar-refractivity contribution in [1.82, 2.24) is 0 Å². The molecule has 0 bridgehead atoms. The summed E-state index contributed by atoms with van der Waals surface area (Å²) < 4.78 is 27.9. The molecule has 4 heteroatoms. The third-order valence-electron chi connectivity index (χ3n) is 2.66. The minimum atomic E-state index is -3.57. The van der Waals surface area contributed by atoms with Gasteiger partial charge in [-0.15, -0.1) is 0 Å². The van der Waals surface area contributed by atoms with Gasteiger partial charge in [0.15, 0.2) is 0 Å². The van der Waals surface area contributed by atoms with E-state index in [2.05, 4.69) is 4.40 Å². The number of hydrogen-bond donors (Lipinski definition) is 0. The lowest BCUT2D eigenvalue weighted by Crippen LogP contribution is -2.18. The molecule has 94 valence electrons. The predicted molar refractivity (Wildman–Crippen MR) is 70.9 cm³/mol. The number of sulfonamides is 1. The Balaban J connectivity index is 3.18. The van der Waals surface area contributed by atoms with E-state index >= 15 is 0 Å². The Labute approximate surface area is 104 Å². The van der Waals surface area contributed by atoms with Crippen LogP contribution in [0.15, 0.2) is 33.6 Å². The van der Waals surface area contributed by atoms with Gasteiger partial charge in [0.25, 0.3) is 10.0 Å². The molecule has 0 aromatic heterocycles. The van der Waals surface area contributed by atoms with Crippen LogP contribution >= 0.6 is 0 Å². The zero-order valence-electron chi connectivity index (χ0n) is 11.0. The van der Waals surface area contributed by atoms with Crippen molar-refractivity contribution in [1.29, 1.82) is 0 Å². The monoisotopic (exact) mass is 253 g/mol. The molecular formula is C13H19NO2S. The van der Waals surface area contributed by atoms with Gasteiger partial charge in [0.05, 0.1) is 4.90 Å². The van der Waals surface area contributed by atoms with Crippen LogP contribution in [0.1, 0.15) is 33.3 Å². The van der Waals surface area contributed by atoms with Crippen molar-refractivity contribution in [3.8, 4) is 0 Å². The molecule has 0 N–H and O–H groups in total. The van der Waals surface area contributed by atoms with Crippen molar-refractivity contribution in [3.63, 3.8) is 0 Å². The first kappa shape index (κ1) is 13.9. The highest BCUT2D eigenvalue weighted by Gasteiger charge is 2.19. The second-order valence-corrected chi connectivity index (χ2v) is 6.82. The van der Waals surface area contributed by atoms with E-state index in [0.29, 0.717) is 5.71 Å². The van der Waals surface area contributed by atoms with Crippen LogP contribution in [0.25, 0.3) is 0 Å². The van der Waals surface area contributed by atoms with Gasteiger partial charge in [-0.2, -0.15) is 12.8 Å². The van der Waals surface area contributed by atoms with Gasteiger partial charge in [0.2, 0.25) is 0 Å². The Kier molecular flexibility index (Phi) is 3.77. The highest BCUT2D eigenvalue weighted by atomic mass is 32.2. The lowest BCUT2D eigenvalue weighted by atomic mass is 9.91. The fourth-order valence-electron chi connectivity index (χ4n) is 1.08. The van der Waals surface area contributed by atoms with Gasteiger partial charge in [-0.05, 0) is 26.0 Å². The molecule has 0 atom stereocenters. The van der Waals surface area contributed by atoms with E-state index in [4.69, 9.17) is 0 Å². The van der Waals surface area contributed by atoms with E-state index in [0.717, 1.165) is 5.56 Å². The molecule has 1 aromatic rings. The van der Waals surface area contributed by atoms with E-state index in [9.17, 15) is 8.42 Å². The highest BCUT2D eigenvalue weighted by Crippen LogP contribution is 2.20. The van der Waals surface area contributed by atoms with Crippen molar-refractivity contribution < 1.29 is 8.42 Å². The number of nitrogens with zero attached hydrogens (tertiary/aromatic N) is 1. The minimum absolute atomic E-state index is 0.238. The Morgan fingerprint density at radius 3 is 2.00 bits per heavy atom. The van der Waals surface area contributed by atoms with Crippen LogP contribution in [0.3, 0.4) is 0 Å². The van der Waals surface area contributed by atoms with Crippen LogP contribution in [-0.4, -0.2) is 14.1 Å². The van der Waals surface area contributed by atoms with Crippen LogP contribution < -0.4 is 0 Å². The van der Waals surface area contributed by atoms with E-state index in [1.807, 2.05) is 27.7 Å². The number of benzene rings is 1. The summed E-state index contributed by atoms with van der Waals surface area (Å²) in [6.07, 6.45) is 0. The molecule has 17 heavy (non-hydrogen) atoms. The molecule has 0 saturated heterocycles. The largest absolute Gasteiger partial charge is 0.282 e. The summed E-state index contributed by atoms with van der Waals surface area (Å²) in [6.45, 7) is 9.48. The molecule has 0 unspecified atom stereocenters. The van der Waals surface area contributed by atoms with Crippen molar-refractivity contribution in [3.05, 3.63) is 29.8 Å². The van der Waals surface area contributed by atoms with E-state index < -0.39 is 10.0 Å². The lowest BCUT2D eigenvalue weighted by molar-refractivity contribution is 0.579. The van der Waals surface area contributed by atoms with Gasteiger partial charge in [-0.3, -0.25) is 0 Å². The molecule has 0 aliphatic heterocycles. The zero-order valence-corrected chi connectivity index (χ0v) is 11.8. The van der Waals surface area contributed by atoms with Gasteiger partial charge in [0.1, 0.15) is 0 Å². The summed E-state index contributed by atoms with van der Waals surface area (Å²) in [7, 11) is -3.57. The van der Waals surface area contributed by atoms with Crippen molar-refractivity contribution in [2.45, 2.75) is 39.5 Å². The molecule has 1 aromatic carbocycles. The van der Waals surface area contributed by atoms with Gasteiger partial charge in [0, 0.05) is 11.1 Å². The molecule has 0 aliphatic rings. The lowest BCUT2D eigenvalue weighted by Gasteiger charge is -2.17. The molecular weight excluding hydrogens is 234 g/mol. The third kappa shape index (κ3) is 3.66. The quantitative estimate of drug-likeness (QED) is 0.760. The first-order valence-electron chi connectivity index (χ1n) is 5.52. The average molecular weight is 253 g/mol. The number of aryl methyl sites for hydroxylation is 1. The molecule has 0 aliphatic carbocycles. The van der Waals surface area contributed by atoms with Crippen LogP contribution in [0.5, 0.6) is 0 Å². The van der Waals surface area contributed by atoms with Crippen molar-refractivity contribution >= 4 is 15.7 Å². The predicted octanol–water partition coefficient (Wildman–Crippen LogP) is 3.19. The van der Waals surface area contributed by atoms with Gasteiger partial charge in [-0.1, -0.05) is 38.5 Å². The topological polar surface area (TPSA) is 46.5 Å². The molecule has 1 rings (SSSR count). The SMILES string of the molecule is C/C(=N\S(=O)(=O)c1ccc(C)cc1)C(C)(C)C. The molecule has 0 spiro atoms. The summed E-state index contributed by atoms with van der Waals surface area (Å²) in [4.78, 5) is 0.242. The summed E-state index contributed by atoms with van der Waals surface area (Å²) in [5.41, 5.74) is 1.40. The third-order valence-corrected chi connectivity index (χ3v) is 4.04. The second kappa shape index (κ2) is 4.61. The Morgan fingerprint density at radius 2 is 1.59 bits per heavy atom. The van der Waals surface area contributed by atoms with Crippen LogP contribution in [0.4, 0.5) is 0 Å². The average Bonchev–Trinajstić information content (AvgIpc) is 2.16. The first-order chi connectivity index (χ1) is 7.63. The smallest absolute Gasteiger partial charge is 0.199 e. The summed E-state index contributed by atoms with van der Waals surface area (Å²) in [6, 6.07) is 6.72. The summed E-state index contributed by atoms with van der Waals surface area (Å²) in [5.74, 6) is 0. The van der Waals surface area contributed by atoms with Crippen LogP contribution in [0.2, 0.25) is 0 Å². The number of hydrogen-bond acceptors (Lipinski definition) is 2. The zero-order chi connectivity index (χ0) is 13.3. The second-order valence-electron chi connectivity index (χ2n) is 5.21. The van der Waals surface area contributed by atoms with Gasteiger partial charge < -0.3 is 0 Å². The van der Waals surface area contributed by atoms with Crippen LogP contribution in [-0.2, 0) is 10.0 Å². The first-order valence-corrected chi connectivity index (χ1v) is 6.96. The molecule has 0 fully saturated rings. The molecule has 3 nitrogen and oxygen atoms in total. The van der Waals surface area contributed by atoms with Gasteiger partial charge in [-0.25, -0.2) is 0 Å². The maximum absolute atomic E-state index is 12.0. The highest BCUT2D eigenvalue weighted by molar-refractivity contribution is 7.90. The summed E-state index contributed by atoms with van der Waals surface area (Å²) in [5, 5.41) is 0. The molecule has 0 saturated carbocycles. The Morgan fingerprint density at radius 1 is 1.12 bits per heavy atom. The number of rotatable bonds is 2. The summed E-state index contributed by atoms with van der Waals surface area (Å²) >= 11 is 0. The van der Waals surface area contributed by atoms with Crippen LogP contribution in [0, 0.1) is 12.3 Å². The maximum atomic E-state index is 12.0. The van der Waals surface area contributed by atoms with E-state index in [1.165, 1.54) is 0 Å². The molecule has 0 radical (unpaired) electrons. The fraction of sp³-hybridized carbons (Fsp3) is 0.462. The van der Waals surface area contributed by atoms with Gasteiger partial charge >= 0.3 is 0 Å². The molecule has 0 amide bonds. The normalized spacial score (nSPS) is 13.8. The standard InChI is InChI=1S/C13H19NO2S/c1-10-6-8-12(9-7-10)17(15,16)14-11(2)13(3,4)5/h6-9H,1-5H3/b14-11+. The molecule has 0 heterocycles. The van der Waals surface area contributed by atoms with Crippen molar-refractivity contribution in [2.24, 2.45) is 9.81 Å². The fourth-order valence-corrected chi connectivity index (χ4v) is 2.30. The Bertz CT molecular complexity index is 520. The van der Waals surface area contributed by atoms with E-state index in [1.54, 1.807) is 31.2 Å². The van der Waals surface area contributed by atoms with E-state index in [-0.39, 0.29) is 10.3 Å². The minimum Gasteiger partial charge on any atom is -0.199 e. The van der Waals surface area contributed by atoms with Crippen molar-refractivity contribution in [2.75, 3.05) is 0 Å².